The SMILES string of the molecule is FC(F)(F)CCN1c2nc(Cl)ncc2-n2cnnc2C1CC(F)(F)F. The monoisotopic (exact) mass is 386 g/mol. The molecule has 1 atom stereocenters. The highest BCUT2D eigenvalue weighted by Crippen LogP contribution is 2.42. The zero-order valence-corrected chi connectivity index (χ0v) is 12.9. The quantitative estimate of drug-likeness (QED) is 0.597. The van der Waals surface area contributed by atoms with Gasteiger partial charge in [0.2, 0.25) is 5.28 Å². The van der Waals surface area contributed by atoms with Crippen molar-refractivity contribution in [3.63, 3.8) is 0 Å². The average molecular weight is 387 g/mol. The molecular weight excluding hydrogens is 378 g/mol. The minimum absolute atomic E-state index is 0.134. The molecule has 0 aliphatic carbocycles. The van der Waals surface area contributed by atoms with Gasteiger partial charge in [-0.05, 0) is 11.6 Å². The van der Waals surface area contributed by atoms with Crippen LogP contribution >= 0.6 is 11.6 Å². The van der Waals surface area contributed by atoms with Crippen LogP contribution in [-0.2, 0) is 0 Å². The summed E-state index contributed by atoms with van der Waals surface area (Å²) in [5, 5.41) is 6.90. The van der Waals surface area contributed by atoms with Crippen LogP contribution < -0.4 is 4.90 Å². The van der Waals surface area contributed by atoms with Gasteiger partial charge in [-0.3, -0.25) is 4.57 Å². The van der Waals surface area contributed by atoms with Gasteiger partial charge in [-0.15, -0.1) is 10.2 Å². The van der Waals surface area contributed by atoms with Crippen LogP contribution in [0.4, 0.5) is 32.2 Å². The van der Waals surface area contributed by atoms with Gasteiger partial charge in [0.15, 0.2) is 11.6 Å². The number of alkyl halides is 6. The van der Waals surface area contributed by atoms with Gasteiger partial charge in [-0.25, -0.2) is 4.98 Å². The lowest BCUT2D eigenvalue weighted by atomic mass is 10.1. The number of nitrogens with zero attached hydrogens (tertiary/aromatic N) is 6. The van der Waals surface area contributed by atoms with Crippen LogP contribution in [-0.4, -0.2) is 43.6 Å². The van der Waals surface area contributed by atoms with Gasteiger partial charge in [-0.2, -0.15) is 31.3 Å². The van der Waals surface area contributed by atoms with E-state index in [4.69, 9.17) is 11.6 Å². The van der Waals surface area contributed by atoms with E-state index in [0.717, 1.165) is 11.2 Å². The standard InChI is InChI=1S/C12H9ClF6N6/c13-10-20-4-7-8(22-10)24(2-1-11(14,15)16)6(3-12(17,18)19)9-23-21-5-25(7)9/h4-6H,1-3H2. The Hall–Kier alpha value is -2.11. The van der Waals surface area contributed by atoms with Gasteiger partial charge in [0.25, 0.3) is 0 Å². The Bertz CT molecular complexity index is 772. The molecule has 0 saturated carbocycles. The fourth-order valence-electron chi connectivity index (χ4n) is 2.60. The van der Waals surface area contributed by atoms with Crippen molar-refractivity contribution in [2.75, 3.05) is 11.4 Å². The maximum Gasteiger partial charge on any atom is 0.391 e. The predicted molar refractivity (Wildman–Crippen MR) is 73.4 cm³/mol. The van der Waals surface area contributed by atoms with E-state index in [9.17, 15) is 26.3 Å². The minimum atomic E-state index is -4.63. The molecule has 0 fully saturated rings. The molecule has 6 nitrogen and oxygen atoms in total. The minimum Gasteiger partial charge on any atom is -0.344 e. The fourth-order valence-corrected chi connectivity index (χ4v) is 2.73. The third-order valence-electron chi connectivity index (χ3n) is 3.56. The van der Waals surface area contributed by atoms with E-state index in [2.05, 4.69) is 20.2 Å². The molecule has 136 valence electrons. The van der Waals surface area contributed by atoms with E-state index in [1.807, 2.05) is 0 Å². The highest BCUT2D eigenvalue weighted by atomic mass is 35.5. The van der Waals surface area contributed by atoms with E-state index >= 15 is 0 Å². The summed E-state index contributed by atoms with van der Waals surface area (Å²) >= 11 is 5.68. The van der Waals surface area contributed by atoms with Crippen LogP contribution in [0.2, 0.25) is 5.28 Å². The fraction of sp³-hybridized carbons (Fsp3) is 0.500. The Morgan fingerprint density at radius 2 is 1.84 bits per heavy atom. The van der Waals surface area contributed by atoms with Crippen molar-refractivity contribution < 1.29 is 26.3 Å². The molecule has 2 aromatic rings. The number of aromatic nitrogens is 5. The van der Waals surface area contributed by atoms with Crippen LogP contribution in [0.15, 0.2) is 12.5 Å². The molecule has 0 saturated heterocycles. The molecule has 0 aromatic carbocycles. The molecule has 1 aliphatic heterocycles. The summed E-state index contributed by atoms with van der Waals surface area (Å²) in [5.41, 5.74) is 0.157. The number of hydrogen-bond donors (Lipinski definition) is 0. The van der Waals surface area contributed by atoms with Crippen molar-refractivity contribution in [1.29, 1.82) is 0 Å². The molecule has 0 N–H and O–H groups in total. The van der Waals surface area contributed by atoms with Crippen molar-refractivity contribution >= 4 is 17.4 Å². The first-order chi connectivity index (χ1) is 11.6. The first-order valence-corrected chi connectivity index (χ1v) is 7.26. The Labute approximate surface area is 141 Å². The number of rotatable bonds is 3. The molecule has 1 unspecified atom stereocenters. The number of halogens is 7. The van der Waals surface area contributed by atoms with E-state index in [1.54, 1.807) is 0 Å². The largest absolute Gasteiger partial charge is 0.391 e. The van der Waals surface area contributed by atoms with Crippen LogP contribution in [0.1, 0.15) is 24.7 Å². The third-order valence-corrected chi connectivity index (χ3v) is 3.74. The summed E-state index contributed by atoms with van der Waals surface area (Å²) in [4.78, 5) is 8.44. The first kappa shape index (κ1) is 17.7. The van der Waals surface area contributed by atoms with Gasteiger partial charge < -0.3 is 4.90 Å². The summed E-state index contributed by atoms with van der Waals surface area (Å²) in [7, 11) is 0. The van der Waals surface area contributed by atoms with Crippen molar-refractivity contribution in [3.05, 3.63) is 23.6 Å². The number of anilines is 1. The second-order valence-electron chi connectivity index (χ2n) is 5.30. The summed E-state index contributed by atoms with van der Waals surface area (Å²) in [5.74, 6) is -0.274. The maximum atomic E-state index is 13.0. The van der Waals surface area contributed by atoms with Crippen molar-refractivity contribution in [2.45, 2.75) is 31.2 Å². The third kappa shape index (κ3) is 3.78. The van der Waals surface area contributed by atoms with Gasteiger partial charge >= 0.3 is 12.4 Å². The molecule has 3 heterocycles. The summed E-state index contributed by atoms with van der Waals surface area (Å²) in [6, 6.07) is -1.51. The predicted octanol–water partition coefficient (Wildman–Crippen LogP) is 3.48. The highest BCUT2D eigenvalue weighted by molar-refractivity contribution is 6.28. The normalized spacial score (nSPS) is 17.4. The van der Waals surface area contributed by atoms with Gasteiger partial charge in [0, 0.05) is 6.54 Å². The van der Waals surface area contributed by atoms with Crippen LogP contribution in [0.25, 0.3) is 5.69 Å². The van der Waals surface area contributed by atoms with Gasteiger partial charge in [0.1, 0.15) is 12.0 Å². The Balaban J connectivity index is 2.08. The van der Waals surface area contributed by atoms with Crippen molar-refractivity contribution in [3.8, 4) is 5.69 Å². The maximum absolute atomic E-state index is 13.0. The molecule has 13 heteroatoms. The zero-order valence-electron chi connectivity index (χ0n) is 12.2. The second kappa shape index (κ2) is 6.00. The smallest absolute Gasteiger partial charge is 0.344 e. The van der Waals surface area contributed by atoms with Crippen LogP contribution in [0, 0.1) is 0 Å². The molecule has 0 bridgehead atoms. The molecule has 1 aliphatic rings. The molecular formula is C12H9ClF6N6. The summed E-state index contributed by atoms with van der Waals surface area (Å²) in [6.07, 6.45) is -9.57. The van der Waals surface area contributed by atoms with E-state index < -0.39 is 37.8 Å². The number of fused-ring (bicyclic) bond motifs is 3. The highest BCUT2D eigenvalue weighted by Gasteiger charge is 2.43. The lowest BCUT2D eigenvalue weighted by Gasteiger charge is -2.37. The Kier molecular flexibility index (Phi) is 4.25. The molecule has 0 radical (unpaired) electrons. The Morgan fingerprint density at radius 3 is 2.48 bits per heavy atom. The molecule has 3 rings (SSSR count). The van der Waals surface area contributed by atoms with Crippen molar-refractivity contribution in [2.24, 2.45) is 0 Å². The van der Waals surface area contributed by atoms with Crippen LogP contribution in [0.5, 0.6) is 0 Å². The molecule has 0 amide bonds. The first-order valence-electron chi connectivity index (χ1n) is 6.88. The number of hydrogen-bond acceptors (Lipinski definition) is 5. The zero-order chi connectivity index (χ0) is 18.4. The van der Waals surface area contributed by atoms with E-state index in [-0.39, 0.29) is 22.6 Å². The van der Waals surface area contributed by atoms with Crippen LogP contribution in [0.3, 0.4) is 0 Å². The lowest BCUT2D eigenvalue weighted by Crippen LogP contribution is -2.40. The van der Waals surface area contributed by atoms with Crippen molar-refractivity contribution in [1.82, 2.24) is 24.7 Å². The van der Waals surface area contributed by atoms with E-state index in [0.29, 0.717) is 0 Å². The molecule has 0 spiro atoms. The van der Waals surface area contributed by atoms with E-state index in [1.165, 1.54) is 10.8 Å². The summed E-state index contributed by atoms with van der Waals surface area (Å²) < 4.78 is 78.0. The lowest BCUT2D eigenvalue weighted by molar-refractivity contribution is -0.141. The summed E-state index contributed by atoms with van der Waals surface area (Å²) in [6.45, 7) is -0.739. The van der Waals surface area contributed by atoms with Gasteiger partial charge in [-0.1, -0.05) is 0 Å². The second-order valence-corrected chi connectivity index (χ2v) is 5.64. The van der Waals surface area contributed by atoms with Gasteiger partial charge in [0.05, 0.1) is 25.1 Å². The molecule has 2 aromatic heterocycles. The Morgan fingerprint density at radius 1 is 1.12 bits per heavy atom. The average Bonchev–Trinajstić information content (AvgIpc) is 2.93. The molecule has 25 heavy (non-hydrogen) atoms. The topological polar surface area (TPSA) is 59.7 Å².